The molecular formula is C21H22N4O2. The van der Waals surface area contributed by atoms with Gasteiger partial charge in [0.25, 0.3) is 0 Å². The first-order chi connectivity index (χ1) is 13.1. The number of benzene rings is 2. The van der Waals surface area contributed by atoms with Gasteiger partial charge in [0.2, 0.25) is 5.91 Å². The minimum absolute atomic E-state index is 0.125. The van der Waals surface area contributed by atoms with E-state index in [1.807, 2.05) is 29.2 Å². The molecule has 0 radical (unpaired) electrons. The Labute approximate surface area is 158 Å². The van der Waals surface area contributed by atoms with Gasteiger partial charge in [-0.25, -0.2) is 4.79 Å². The minimum Gasteiger partial charge on any atom is -0.342 e. The van der Waals surface area contributed by atoms with Crippen LogP contribution in [0, 0.1) is 17.2 Å². The van der Waals surface area contributed by atoms with Crippen LogP contribution in [0.3, 0.4) is 0 Å². The van der Waals surface area contributed by atoms with Crippen molar-refractivity contribution in [1.29, 1.82) is 5.26 Å². The van der Waals surface area contributed by atoms with Crippen molar-refractivity contribution in [2.24, 2.45) is 5.92 Å². The van der Waals surface area contributed by atoms with E-state index in [9.17, 15) is 9.59 Å². The number of hydrogen-bond acceptors (Lipinski definition) is 3. The smallest absolute Gasteiger partial charge is 0.319 e. The first-order valence-corrected chi connectivity index (χ1v) is 9.01. The lowest BCUT2D eigenvalue weighted by atomic mass is 10.1. The first-order valence-electron chi connectivity index (χ1n) is 9.01. The lowest BCUT2D eigenvalue weighted by Crippen LogP contribution is -2.34. The van der Waals surface area contributed by atoms with Crippen molar-refractivity contribution in [1.82, 2.24) is 10.2 Å². The van der Waals surface area contributed by atoms with Crippen LogP contribution in [-0.4, -0.2) is 36.5 Å². The molecule has 3 rings (SSSR count). The molecular weight excluding hydrogens is 340 g/mol. The highest BCUT2D eigenvalue weighted by atomic mass is 16.2. The maximum absolute atomic E-state index is 12.2. The Balaban J connectivity index is 1.41. The fourth-order valence-corrected chi connectivity index (χ4v) is 3.16. The van der Waals surface area contributed by atoms with Gasteiger partial charge in [-0.15, -0.1) is 0 Å². The molecule has 0 saturated carbocycles. The van der Waals surface area contributed by atoms with Crippen LogP contribution < -0.4 is 10.6 Å². The molecule has 1 saturated heterocycles. The molecule has 2 aromatic carbocycles. The van der Waals surface area contributed by atoms with Gasteiger partial charge in [-0.3, -0.25) is 4.79 Å². The third kappa shape index (κ3) is 5.32. The van der Waals surface area contributed by atoms with Crippen molar-refractivity contribution < 1.29 is 9.59 Å². The van der Waals surface area contributed by atoms with Gasteiger partial charge in [0, 0.05) is 37.7 Å². The predicted octanol–water partition coefficient (Wildman–Crippen LogP) is 2.77. The van der Waals surface area contributed by atoms with Gasteiger partial charge in [-0.2, -0.15) is 5.26 Å². The molecule has 1 atom stereocenters. The van der Waals surface area contributed by atoms with Gasteiger partial charge in [0.1, 0.15) is 0 Å². The van der Waals surface area contributed by atoms with Crippen LogP contribution in [-0.2, 0) is 11.2 Å². The molecule has 1 aliphatic rings. The average Bonchev–Trinajstić information content (AvgIpc) is 3.06. The van der Waals surface area contributed by atoms with Crippen molar-refractivity contribution in [2.75, 3.05) is 25.0 Å². The van der Waals surface area contributed by atoms with Gasteiger partial charge in [-0.1, -0.05) is 30.3 Å². The molecule has 6 nitrogen and oxygen atoms in total. The summed E-state index contributed by atoms with van der Waals surface area (Å²) in [6, 6.07) is 18.5. The molecule has 3 amide bonds. The monoisotopic (exact) mass is 362 g/mol. The number of nitriles is 1. The molecule has 138 valence electrons. The standard InChI is InChI=1S/C21H22N4O2/c22-13-17-6-8-19(9-7-17)24-21(27)23-14-18-12-20(26)25(15-18)11-10-16-4-2-1-3-5-16/h1-9,18H,10-12,14-15H2,(H2,23,24,27)/t18-/m0/s1. The summed E-state index contributed by atoms with van der Waals surface area (Å²) >= 11 is 0. The highest BCUT2D eigenvalue weighted by Crippen LogP contribution is 2.18. The van der Waals surface area contributed by atoms with Crippen LogP contribution in [0.4, 0.5) is 10.5 Å². The maximum atomic E-state index is 12.2. The quantitative estimate of drug-likeness (QED) is 0.829. The molecule has 1 heterocycles. The zero-order valence-corrected chi connectivity index (χ0v) is 15.0. The van der Waals surface area contributed by atoms with E-state index in [2.05, 4.69) is 22.8 Å². The number of nitrogens with zero attached hydrogens (tertiary/aromatic N) is 2. The van der Waals surface area contributed by atoms with E-state index in [1.54, 1.807) is 24.3 Å². The summed E-state index contributed by atoms with van der Waals surface area (Å²) in [4.78, 5) is 26.1. The van der Waals surface area contributed by atoms with Gasteiger partial charge < -0.3 is 15.5 Å². The highest BCUT2D eigenvalue weighted by molar-refractivity contribution is 5.89. The number of carbonyl (C=O) groups is 2. The second-order valence-corrected chi connectivity index (χ2v) is 6.67. The molecule has 0 spiro atoms. The normalized spacial score (nSPS) is 16.0. The van der Waals surface area contributed by atoms with Crippen molar-refractivity contribution in [3.63, 3.8) is 0 Å². The Bertz CT molecular complexity index is 828. The van der Waals surface area contributed by atoms with Crippen molar-refractivity contribution in [2.45, 2.75) is 12.8 Å². The fourth-order valence-electron chi connectivity index (χ4n) is 3.16. The van der Waals surface area contributed by atoms with E-state index in [0.717, 1.165) is 6.42 Å². The maximum Gasteiger partial charge on any atom is 0.319 e. The van der Waals surface area contributed by atoms with Gasteiger partial charge in [0.15, 0.2) is 0 Å². The van der Waals surface area contributed by atoms with Gasteiger partial charge in [-0.05, 0) is 36.2 Å². The summed E-state index contributed by atoms with van der Waals surface area (Å²) in [5, 5.41) is 14.3. The third-order valence-electron chi connectivity index (χ3n) is 4.63. The Morgan fingerprint density at radius 3 is 2.59 bits per heavy atom. The topological polar surface area (TPSA) is 85.2 Å². The third-order valence-corrected chi connectivity index (χ3v) is 4.63. The fraction of sp³-hybridized carbons (Fsp3) is 0.286. The van der Waals surface area contributed by atoms with E-state index in [-0.39, 0.29) is 17.9 Å². The molecule has 0 unspecified atom stereocenters. The number of anilines is 1. The molecule has 0 aromatic heterocycles. The summed E-state index contributed by atoms with van der Waals surface area (Å²) in [6.07, 6.45) is 1.30. The summed E-state index contributed by atoms with van der Waals surface area (Å²) in [5.41, 5.74) is 2.38. The van der Waals surface area contributed by atoms with E-state index in [1.165, 1.54) is 5.56 Å². The van der Waals surface area contributed by atoms with Crippen molar-refractivity contribution in [3.05, 3.63) is 65.7 Å². The van der Waals surface area contributed by atoms with Crippen LogP contribution >= 0.6 is 0 Å². The highest BCUT2D eigenvalue weighted by Gasteiger charge is 2.29. The van der Waals surface area contributed by atoms with Gasteiger partial charge >= 0.3 is 6.03 Å². The van der Waals surface area contributed by atoms with E-state index >= 15 is 0 Å². The number of nitrogens with one attached hydrogen (secondary N) is 2. The first kappa shape index (κ1) is 18.5. The average molecular weight is 362 g/mol. The Hall–Kier alpha value is -3.33. The predicted molar refractivity (Wildman–Crippen MR) is 103 cm³/mol. The molecule has 0 bridgehead atoms. The van der Waals surface area contributed by atoms with E-state index < -0.39 is 0 Å². The molecule has 1 aliphatic heterocycles. The molecule has 27 heavy (non-hydrogen) atoms. The number of urea groups is 1. The largest absolute Gasteiger partial charge is 0.342 e. The number of rotatable bonds is 6. The molecule has 2 aromatic rings. The van der Waals surface area contributed by atoms with E-state index in [0.29, 0.717) is 37.3 Å². The molecule has 1 fully saturated rings. The Kier molecular flexibility index (Phi) is 6.06. The Morgan fingerprint density at radius 1 is 1.15 bits per heavy atom. The van der Waals surface area contributed by atoms with Crippen LogP contribution in [0.15, 0.2) is 54.6 Å². The van der Waals surface area contributed by atoms with Gasteiger partial charge in [0.05, 0.1) is 11.6 Å². The second-order valence-electron chi connectivity index (χ2n) is 6.67. The summed E-state index contributed by atoms with van der Waals surface area (Å²) in [5.74, 6) is 0.269. The number of amides is 3. The van der Waals surface area contributed by atoms with Crippen LogP contribution in [0.2, 0.25) is 0 Å². The summed E-state index contributed by atoms with van der Waals surface area (Å²) in [6.45, 7) is 1.83. The summed E-state index contributed by atoms with van der Waals surface area (Å²) < 4.78 is 0. The number of likely N-dealkylation sites (tertiary alicyclic amines) is 1. The lowest BCUT2D eigenvalue weighted by molar-refractivity contribution is -0.127. The zero-order chi connectivity index (χ0) is 19.1. The van der Waals surface area contributed by atoms with Crippen LogP contribution in [0.5, 0.6) is 0 Å². The molecule has 0 aliphatic carbocycles. The molecule has 6 heteroatoms. The van der Waals surface area contributed by atoms with Crippen LogP contribution in [0.1, 0.15) is 17.5 Å². The second kappa shape index (κ2) is 8.86. The molecule has 2 N–H and O–H groups in total. The number of carbonyl (C=O) groups excluding carboxylic acids is 2. The van der Waals surface area contributed by atoms with Crippen molar-refractivity contribution in [3.8, 4) is 6.07 Å². The van der Waals surface area contributed by atoms with Crippen LogP contribution in [0.25, 0.3) is 0 Å². The SMILES string of the molecule is N#Cc1ccc(NC(=O)NC[C@@H]2CC(=O)N(CCc3ccccc3)C2)cc1. The lowest BCUT2D eigenvalue weighted by Gasteiger charge is -2.17. The van der Waals surface area contributed by atoms with E-state index in [4.69, 9.17) is 5.26 Å². The van der Waals surface area contributed by atoms with Crippen molar-refractivity contribution >= 4 is 17.6 Å². The zero-order valence-electron chi connectivity index (χ0n) is 15.0. The number of hydrogen-bond donors (Lipinski definition) is 2. The Morgan fingerprint density at radius 2 is 1.89 bits per heavy atom. The minimum atomic E-state index is -0.310. The summed E-state index contributed by atoms with van der Waals surface area (Å²) in [7, 11) is 0.